The van der Waals surface area contributed by atoms with E-state index in [4.69, 9.17) is 5.11 Å². The Bertz CT molecular complexity index is 402. The SMILES string of the molecule is O=C(CN1CCCC1CCO)c1ccc(O)cc1. The van der Waals surface area contributed by atoms with Crippen molar-refractivity contribution in [1.29, 1.82) is 0 Å². The van der Waals surface area contributed by atoms with Gasteiger partial charge in [-0.3, -0.25) is 9.69 Å². The van der Waals surface area contributed by atoms with Gasteiger partial charge in [-0.05, 0) is 50.1 Å². The normalized spacial score (nSPS) is 20.2. The number of nitrogens with zero attached hydrogens (tertiary/aromatic N) is 1. The number of carbonyl (C=O) groups is 1. The molecule has 1 aliphatic rings. The van der Waals surface area contributed by atoms with Crippen LogP contribution in [-0.4, -0.2) is 46.6 Å². The van der Waals surface area contributed by atoms with E-state index in [0.29, 0.717) is 18.2 Å². The standard InChI is InChI=1S/C14H19NO3/c16-9-7-12-2-1-8-15(12)10-14(18)11-3-5-13(17)6-4-11/h3-6,12,16-17H,1-2,7-10H2. The minimum absolute atomic E-state index is 0.0693. The van der Waals surface area contributed by atoms with Crippen molar-refractivity contribution < 1.29 is 15.0 Å². The van der Waals surface area contributed by atoms with E-state index in [1.807, 2.05) is 0 Å². The summed E-state index contributed by atoms with van der Waals surface area (Å²) in [4.78, 5) is 14.2. The quantitative estimate of drug-likeness (QED) is 0.775. The average Bonchev–Trinajstić information content (AvgIpc) is 2.78. The number of ketones is 1. The third-order valence-electron chi connectivity index (χ3n) is 3.50. The Morgan fingerprint density at radius 3 is 2.72 bits per heavy atom. The molecule has 1 fully saturated rings. The molecular weight excluding hydrogens is 230 g/mol. The Morgan fingerprint density at radius 1 is 1.33 bits per heavy atom. The van der Waals surface area contributed by atoms with Crippen LogP contribution in [0.15, 0.2) is 24.3 Å². The van der Waals surface area contributed by atoms with Gasteiger partial charge in [0, 0.05) is 18.2 Å². The molecule has 0 amide bonds. The largest absolute Gasteiger partial charge is 0.508 e. The van der Waals surface area contributed by atoms with Crippen molar-refractivity contribution in [3.05, 3.63) is 29.8 Å². The number of aliphatic hydroxyl groups is 1. The number of hydrogen-bond donors (Lipinski definition) is 2. The van der Waals surface area contributed by atoms with Crippen molar-refractivity contribution in [1.82, 2.24) is 4.90 Å². The smallest absolute Gasteiger partial charge is 0.176 e. The van der Waals surface area contributed by atoms with Crippen LogP contribution in [0.1, 0.15) is 29.6 Å². The van der Waals surface area contributed by atoms with Gasteiger partial charge in [-0.1, -0.05) is 0 Å². The van der Waals surface area contributed by atoms with E-state index in [1.54, 1.807) is 12.1 Å². The van der Waals surface area contributed by atoms with Gasteiger partial charge in [-0.25, -0.2) is 0 Å². The van der Waals surface area contributed by atoms with Gasteiger partial charge in [-0.2, -0.15) is 0 Å². The number of benzene rings is 1. The fraction of sp³-hybridized carbons (Fsp3) is 0.500. The summed E-state index contributed by atoms with van der Waals surface area (Å²) in [5.74, 6) is 0.241. The second-order valence-corrected chi connectivity index (χ2v) is 4.75. The molecule has 0 radical (unpaired) electrons. The van der Waals surface area contributed by atoms with Gasteiger partial charge in [0.25, 0.3) is 0 Å². The summed E-state index contributed by atoms with van der Waals surface area (Å²) >= 11 is 0. The molecule has 2 N–H and O–H groups in total. The topological polar surface area (TPSA) is 60.8 Å². The number of Topliss-reactive ketones (excluding diaryl/α,β-unsaturated/α-hetero) is 1. The Balaban J connectivity index is 1.96. The van der Waals surface area contributed by atoms with E-state index in [1.165, 1.54) is 12.1 Å². The first-order valence-corrected chi connectivity index (χ1v) is 6.38. The van der Waals surface area contributed by atoms with Crippen LogP contribution in [0.25, 0.3) is 0 Å². The van der Waals surface area contributed by atoms with Crippen molar-refractivity contribution in [2.75, 3.05) is 19.7 Å². The molecule has 18 heavy (non-hydrogen) atoms. The lowest BCUT2D eigenvalue weighted by molar-refractivity contribution is 0.0909. The van der Waals surface area contributed by atoms with Gasteiger partial charge in [0.05, 0.1) is 6.54 Å². The predicted molar refractivity (Wildman–Crippen MR) is 68.7 cm³/mol. The predicted octanol–water partition coefficient (Wildman–Crippen LogP) is 1.42. The van der Waals surface area contributed by atoms with Crippen molar-refractivity contribution >= 4 is 5.78 Å². The van der Waals surface area contributed by atoms with Crippen molar-refractivity contribution in [3.63, 3.8) is 0 Å². The molecule has 1 unspecified atom stereocenters. The molecule has 0 aliphatic carbocycles. The van der Waals surface area contributed by atoms with E-state index in [0.717, 1.165) is 25.8 Å². The molecule has 1 saturated heterocycles. The molecule has 2 rings (SSSR count). The monoisotopic (exact) mass is 249 g/mol. The number of aliphatic hydroxyl groups excluding tert-OH is 1. The molecule has 1 atom stereocenters. The number of phenols is 1. The molecule has 0 bridgehead atoms. The number of carbonyl (C=O) groups excluding carboxylic acids is 1. The minimum atomic E-state index is 0.0693. The van der Waals surface area contributed by atoms with Crippen LogP contribution in [0.4, 0.5) is 0 Å². The minimum Gasteiger partial charge on any atom is -0.508 e. The summed E-state index contributed by atoms with van der Waals surface area (Å²) in [6.07, 6.45) is 2.89. The van der Waals surface area contributed by atoms with Crippen molar-refractivity contribution in [2.24, 2.45) is 0 Å². The first-order chi connectivity index (χ1) is 8.70. The van der Waals surface area contributed by atoms with Crippen LogP contribution >= 0.6 is 0 Å². The zero-order chi connectivity index (χ0) is 13.0. The fourth-order valence-electron chi connectivity index (χ4n) is 2.50. The molecule has 1 aromatic carbocycles. The van der Waals surface area contributed by atoms with Gasteiger partial charge >= 0.3 is 0 Å². The number of aromatic hydroxyl groups is 1. The van der Waals surface area contributed by atoms with Crippen LogP contribution in [0, 0.1) is 0 Å². The Labute approximate surface area is 107 Å². The maximum atomic E-state index is 12.1. The number of phenolic OH excluding ortho intramolecular Hbond substituents is 1. The second kappa shape index (κ2) is 5.98. The lowest BCUT2D eigenvalue weighted by atomic mass is 10.1. The first kappa shape index (κ1) is 13.1. The van der Waals surface area contributed by atoms with Crippen LogP contribution < -0.4 is 0 Å². The molecule has 1 heterocycles. The van der Waals surface area contributed by atoms with Gasteiger partial charge in [0.1, 0.15) is 5.75 Å². The zero-order valence-corrected chi connectivity index (χ0v) is 10.4. The highest BCUT2D eigenvalue weighted by atomic mass is 16.3. The number of likely N-dealkylation sites (tertiary alicyclic amines) is 1. The summed E-state index contributed by atoms with van der Waals surface area (Å²) in [7, 11) is 0. The molecule has 1 aromatic rings. The van der Waals surface area contributed by atoms with Gasteiger partial charge < -0.3 is 10.2 Å². The highest BCUT2D eigenvalue weighted by Gasteiger charge is 2.25. The third kappa shape index (κ3) is 3.09. The maximum Gasteiger partial charge on any atom is 0.176 e. The van der Waals surface area contributed by atoms with Gasteiger partial charge in [0.2, 0.25) is 0 Å². The number of hydrogen-bond acceptors (Lipinski definition) is 4. The molecular formula is C14H19NO3. The van der Waals surface area contributed by atoms with Gasteiger partial charge in [0.15, 0.2) is 5.78 Å². The average molecular weight is 249 g/mol. The molecule has 98 valence electrons. The summed E-state index contributed by atoms with van der Waals surface area (Å²) in [6, 6.07) is 6.69. The highest BCUT2D eigenvalue weighted by Crippen LogP contribution is 2.20. The molecule has 4 nitrogen and oxygen atoms in total. The lowest BCUT2D eigenvalue weighted by Gasteiger charge is -2.22. The van der Waals surface area contributed by atoms with Crippen LogP contribution in [0.2, 0.25) is 0 Å². The molecule has 0 aromatic heterocycles. The van der Waals surface area contributed by atoms with Crippen molar-refractivity contribution in [2.45, 2.75) is 25.3 Å². The van der Waals surface area contributed by atoms with E-state index in [2.05, 4.69) is 4.90 Å². The van der Waals surface area contributed by atoms with Crippen LogP contribution in [-0.2, 0) is 0 Å². The molecule has 0 spiro atoms. The highest BCUT2D eigenvalue weighted by molar-refractivity contribution is 5.97. The number of rotatable bonds is 5. The zero-order valence-electron chi connectivity index (χ0n) is 10.4. The van der Waals surface area contributed by atoms with E-state index >= 15 is 0 Å². The molecule has 4 heteroatoms. The first-order valence-electron chi connectivity index (χ1n) is 6.38. The Morgan fingerprint density at radius 2 is 2.06 bits per heavy atom. The van der Waals surface area contributed by atoms with E-state index in [-0.39, 0.29) is 18.1 Å². The van der Waals surface area contributed by atoms with Gasteiger partial charge in [-0.15, -0.1) is 0 Å². The Hall–Kier alpha value is -1.39. The third-order valence-corrected chi connectivity index (χ3v) is 3.50. The van der Waals surface area contributed by atoms with Crippen molar-refractivity contribution in [3.8, 4) is 5.75 Å². The second-order valence-electron chi connectivity index (χ2n) is 4.75. The Kier molecular flexibility index (Phi) is 4.33. The van der Waals surface area contributed by atoms with Crippen LogP contribution in [0.5, 0.6) is 5.75 Å². The summed E-state index contributed by atoms with van der Waals surface area (Å²) in [5.41, 5.74) is 0.627. The summed E-state index contributed by atoms with van der Waals surface area (Å²) < 4.78 is 0. The van der Waals surface area contributed by atoms with Crippen LogP contribution in [0.3, 0.4) is 0 Å². The lowest BCUT2D eigenvalue weighted by Crippen LogP contribution is -2.34. The van der Waals surface area contributed by atoms with E-state index in [9.17, 15) is 9.90 Å². The molecule has 1 aliphatic heterocycles. The summed E-state index contributed by atoms with van der Waals surface area (Å²) in [5, 5.41) is 18.2. The maximum absolute atomic E-state index is 12.1. The molecule has 0 saturated carbocycles. The van der Waals surface area contributed by atoms with E-state index < -0.39 is 0 Å². The fourth-order valence-corrected chi connectivity index (χ4v) is 2.50. The summed E-state index contributed by atoms with van der Waals surface area (Å²) in [6.45, 7) is 1.50.